The second-order valence-electron chi connectivity index (χ2n) is 4.07. The van der Waals surface area contributed by atoms with Gasteiger partial charge in [0.25, 0.3) is 0 Å². The maximum Gasteiger partial charge on any atom is 0.0254 e. The summed E-state index contributed by atoms with van der Waals surface area (Å²) < 4.78 is 0. The van der Waals surface area contributed by atoms with E-state index in [-0.39, 0.29) is 0 Å². The highest BCUT2D eigenvalue weighted by Crippen LogP contribution is 2.31. The number of hydrogen-bond donors (Lipinski definition) is 0. The second kappa shape index (κ2) is 5.85. The van der Waals surface area contributed by atoms with E-state index in [1.165, 1.54) is 44.9 Å². The number of alkyl halides is 1. The van der Waals surface area contributed by atoms with Gasteiger partial charge in [0.15, 0.2) is 0 Å². The molecular formula is C11H21Cl. The Kier molecular flexibility index (Phi) is 5.06. The average Bonchev–Trinajstić information content (AvgIpc) is 2.35. The standard InChI is InChI=1S/C11H21Cl/c1-2-10(9-12)11-7-5-3-4-6-8-11/h10-11H,2-9H2,1H3. The van der Waals surface area contributed by atoms with Crippen LogP contribution in [0.4, 0.5) is 0 Å². The molecule has 0 aliphatic heterocycles. The fourth-order valence-electron chi connectivity index (χ4n) is 2.35. The van der Waals surface area contributed by atoms with Crippen molar-refractivity contribution in [1.82, 2.24) is 0 Å². The largest absolute Gasteiger partial charge is 0.126 e. The van der Waals surface area contributed by atoms with Gasteiger partial charge in [0.1, 0.15) is 0 Å². The molecule has 1 rings (SSSR count). The molecule has 1 saturated carbocycles. The molecule has 0 nitrogen and oxygen atoms in total. The van der Waals surface area contributed by atoms with Crippen molar-refractivity contribution in [3.63, 3.8) is 0 Å². The maximum absolute atomic E-state index is 5.95. The molecule has 0 heterocycles. The quantitative estimate of drug-likeness (QED) is 0.460. The first-order chi connectivity index (χ1) is 5.88. The fraction of sp³-hybridized carbons (Fsp3) is 1.00. The lowest BCUT2D eigenvalue weighted by atomic mass is 9.86. The van der Waals surface area contributed by atoms with Gasteiger partial charge in [0.05, 0.1) is 0 Å². The third kappa shape index (κ3) is 2.97. The summed E-state index contributed by atoms with van der Waals surface area (Å²) in [6.45, 7) is 2.28. The van der Waals surface area contributed by atoms with Crippen LogP contribution >= 0.6 is 11.6 Å². The topological polar surface area (TPSA) is 0 Å². The molecule has 0 radical (unpaired) electrons. The summed E-state index contributed by atoms with van der Waals surface area (Å²) in [6.07, 6.45) is 9.94. The normalized spacial score (nSPS) is 23.5. The smallest absolute Gasteiger partial charge is 0.0254 e. The Morgan fingerprint density at radius 2 is 1.75 bits per heavy atom. The minimum absolute atomic E-state index is 0.796. The molecule has 1 heteroatoms. The molecule has 0 amide bonds. The summed E-state index contributed by atoms with van der Waals surface area (Å²) in [5, 5.41) is 0. The molecule has 1 atom stereocenters. The zero-order valence-corrected chi connectivity index (χ0v) is 8.95. The maximum atomic E-state index is 5.95. The molecule has 0 bridgehead atoms. The molecule has 1 fully saturated rings. The predicted molar refractivity (Wildman–Crippen MR) is 55.7 cm³/mol. The summed E-state index contributed by atoms with van der Waals surface area (Å²) >= 11 is 5.95. The number of halogens is 1. The van der Waals surface area contributed by atoms with Gasteiger partial charge < -0.3 is 0 Å². The predicted octanol–water partition coefficient (Wildman–Crippen LogP) is 4.22. The van der Waals surface area contributed by atoms with Crippen molar-refractivity contribution < 1.29 is 0 Å². The molecule has 0 N–H and O–H groups in total. The van der Waals surface area contributed by atoms with Crippen molar-refractivity contribution in [2.45, 2.75) is 51.9 Å². The van der Waals surface area contributed by atoms with Crippen molar-refractivity contribution in [2.24, 2.45) is 11.8 Å². The van der Waals surface area contributed by atoms with Crippen LogP contribution < -0.4 is 0 Å². The Bertz CT molecular complexity index is 99.6. The molecule has 1 aliphatic rings. The van der Waals surface area contributed by atoms with Gasteiger partial charge >= 0.3 is 0 Å². The zero-order chi connectivity index (χ0) is 8.81. The summed E-state index contributed by atoms with van der Waals surface area (Å²) in [4.78, 5) is 0. The monoisotopic (exact) mass is 188 g/mol. The highest BCUT2D eigenvalue weighted by molar-refractivity contribution is 6.18. The van der Waals surface area contributed by atoms with Crippen LogP contribution in [0.5, 0.6) is 0 Å². The van der Waals surface area contributed by atoms with Crippen LogP contribution in [0.15, 0.2) is 0 Å². The highest BCUT2D eigenvalue weighted by atomic mass is 35.5. The average molecular weight is 189 g/mol. The van der Waals surface area contributed by atoms with Gasteiger partial charge in [-0.3, -0.25) is 0 Å². The SMILES string of the molecule is CCC(CCl)C1CCCCCC1. The molecule has 1 aliphatic carbocycles. The van der Waals surface area contributed by atoms with E-state index in [1.54, 1.807) is 0 Å². The van der Waals surface area contributed by atoms with E-state index in [0.29, 0.717) is 0 Å². The van der Waals surface area contributed by atoms with E-state index in [0.717, 1.165) is 17.7 Å². The van der Waals surface area contributed by atoms with Crippen LogP contribution in [0.3, 0.4) is 0 Å². The molecule has 0 aromatic rings. The van der Waals surface area contributed by atoms with Crippen molar-refractivity contribution in [3.8, 4) is 0 Å². The molecule has 1 unspecified atom stereocenters. The van der Waals surface area contributed by atoms with Gasteiger partial charge in [-0.05, 0) is 11.8 Å². The summed E-state index contributed by atoms with van der Waals surface area (Å²) in [5.41, 5.74) is 0. The first kappa shape index (κ1) is 10.4. The van der Waals surface area contributed by atoms with Gasteiger partial charge in [-0.2, -0.15) is 0 Å². The molecule has 0 spiro atoms. The van der Waals surface area contributed by atoms with Crippen LogP contribution in [0, 0.1) is 11.8 Å². The Balaban J connectivity index is 2.35. The third-order valence-corrected chi connectivity index (χ3v) is 3.69. The Labute approximate surface area is 81.7 Å². The van der Waals surface area contributed by atoms with Gasteiger partial charge in [0.2, 0.25) is 0 Å². The fourth-order valence-corrected chi connectivity index (χ4v) is 2.82. The second-order valence-corrected chi connectivity index (χ2v) is 4.38. The van der Waals surface area contributed by atoms with E-state index in [1.807, 2.05) is 0 Å². The number of rotatable bonds is 3. The van der Waals surface area contributed by atoms with Crippen molar-refractivity contribution >= 4 is 11.6 Å². The lowest BCUT2D eigenvalue weighted by Gasteiger charge is -2.22. The van der Waals surface area contributed by atoms with E-state index in [9.17, 15) is 0 Å². The molecule has 0 aromatic heterocycles. The van der Waals surface area contributed by atoms with Crippen LogP contribution in [-0.2, 0) is 0 Å². The molecular weight excluding hydrogens is 168 g/mol. The minimum Gasteiger partial charge on any atom is -0.126 e. The third-order valence-electron chi connectivity index (χ3n) is 3.29. The molecule has 12 heavy (non-hydrogen) atoms. The number of hydrogen-bond acceptors (Lipinski definition) is 0. The summed E-state index contributed by atoms with van der Waals surface area (Å²) in [6, 6.07) is 0. The van der Waals surface area contributed by atoms with E-state index < -0.39 is 0 Å². The van der Waals surface area contributed by atoms with E-state index in [2.05, 4.69) is 6.92 Å². The van der Waals surface area contributed by atoms with Gasteiger partial charge in [0, 0.05) is 5.88 Å². The van der Waals surface area contributed by atoms with Crippen molar-refractivity contribution in [3.05, 3.63) is 0 Å². The van der Waals surface area contributed by atoms with Crippen molar-refractivity contribution in [1.29, 1.82) is 0 Å². The lowest BCUT2D eigenvalue weighted by molar-refractivity contribution is 0.316. The highest BCUT2D eigenvalue weighted by Gasteiger charge is 2.19. The lowest BCUT2D eigenvalue weighted by Crippen LogP contribution is -2.14. The van der Waals surface area contributed by atoms with E-state index in [4.69, 9.17) is 11.6 Å². The summed E-state index contributed by atoms with van der Waals surface area (Å²) in [5.74, 6) is 2.61. The molecule has 0 aromatic carbocycles. The van der Waals surface area contributed by atoms with Crippen LogP contribution in [0.2, 0.25) is 0 Å². The Hall–Kier alpha value is 0.290. The minimum atomic E-state index is 0.796. The van der Waals surface area contributed by atoms with E-state index >= 15 is 0 Å². The zero-order valence-electron chi connectivity index (χ0n) is 8.19. The Morgan fingerprint density at radius 1 is 1.17 bits per heavy atom. The van der Waals surface area contributed by atoms with Crippen LogP contribution in [0.25, 0.3) is 0 Å². The first-order valence-electron chi connectivity index (χ1n) is 5.44. The van der Waals surface area contributed by atoms with Crippen molar-refractivity contribution in [2.75, 3.05) is 5.88 Å². The van der Waals surface area contributed by atoms with Crippen LogP contribution in [-0.4, -0.2) is 5.88 Å². The Morgan fingerprint density at radius 3 is 2.17 bits per heavy atom. The first-order valence-corrected chi connectivity index (χ1v) is 5.98. The summed E-state index contributed by atoms with van der Waals surface area (Å²) in [7, 11) is 0. The molecule has 0 saturated heterocycles. The molecule has 72 valence electrons. The van der Waals surface area contributed by atoms with Gasteiger partial charge in [-0.25, -0.2) is 0 Å². The van der Waals surface area contributed by atoms with Crippen LogP contribution in [0.1, 0.15) is 51.9 Å². The van der Waals surface area contributed by atoms with Gasteiger partial charge in [-0.1, -0.05) is 51.9 Å². The van der Waals surface area contributed by atoms with Gasteiger partial charge in [-0.15, -0.1) is 11.6 Å².